The molecular weight excluding hydrogens is 1260 g/mol. The van der Waals surface area contributed by atoms with Gasteiger partial charge in [-0.05, 0) is 94.3 Å². The van der Waals surface area contributed by atoms with Crippen molar-refractivity contribution in [2.45, 2.75) is 265 Å². The fourth-order valence-electron chi connectivity index (χ4n) is 17.9. The number of ether oxygens (including phenoxy) is 13. The van der Waals surface area contributed by atoms with Crippen molar-refractivity contribution in [3.8, 4) is 0 Å². The Hall–Kier alpha value is -2.63. The van der Waals surface area contributed by atoms with Crippen molar-refractivity contribution in [1.82, 2.24) is 0 Å². The Bertz CT molecular complexity index is 2800. The Labute approximate surface area is 538 Å². The van der Waals surface area contributed by atoms with Crippen LogP contribution < -0.4 is 0 Å². The van der Waals surface area contributed by atoms with Crippen molar-refractivity contribution in [3.63, 3.8) is 0 Å². The number of aliphatic hydroxyl groups excluding tert-OH is 12. The summed E-state index contributed by atoms with van der Waals surface area (Å²) >= 11 is 0. The number of carbonyl (C=O) groups is 2. The smallest absolute Gasteiger partial charge is 0.397 e. The lowest BCUT2D eigenvalue weighted by Gasteiger charge is -2.64. The third-order valence-corrected chi connectivity index (χ3v) is 22.9. The highest BCUT2D eigenvalue weighted by Crippen LogP contribution is 2.77. The van der Waals surface area contributed by atoms with Gasteiger partial charge < -0.3 is 123 Å². The van der Waals surface area contributed by atoms with E-state index in [0.29, 0.717) is 44.9 Å². The second-order valence-electron chi connectivity index (χ2n) is 28.4. The number of methoxy groups -OCH3 is 1. The average Bonchev–Trinajstić information content (AvgIpc) is 1.51. The summed E-state index contributed by atoms with van der Waals surface area (Å²) in [5, 5.41) is 133. The number of rotatable bonds is 21. The van der Waals surface area contributed by atoms with Crippen LogP contribution in [-0.2, 0) is 85.8 Å². The van der Waals surface area contributed by atoms with Crippen LogP contribution in [0.3, 0.4) is 0 Å². The van der Waals surface area contributed by atoms with Gasteiger partial charge in [-0.3, -0.25) is 14.1 Å². The molecule has 93 heavy (non-hydrogen) atoms. The van der Waals surface area contributed by atoms with E-state index >= 15 is 0 Å². The normalized spacial score (nSPS) is 49.7. The zero-order chi connectivity index (χ0) is 68.0. The van der Waals surface area contributed by atoms with E-state index in [2.05, 4.69) is 26.5 Å². The highest BCUT2D eigenvalue weighted by atomic mass is 32.3. The van der Waals surface area contributed by atoms with Gasteiger partial charge in [0.05, 0.1) is 50.5 Å². The molecule has 4 aliphatic carbocycles. The number of hydrogen-bond acceptors (Lipinski definition) is 30. The first kappa shape index (κ1) is 73.1. The Morgan fingerprint density at radius 2 is 1.24 bits per heavy atom. The van der Waals surface area contributed by atoms with Crippen molar-refractivity contribution in [3.05, 3.63) is 23.8 Å². The highest BCUT2D eigenvalue weighted by Gasteiger charge is 2.79. The molecular formula is C61H96O31S. The fraction of sp³-hybridized carbons (Fsp3) is 0.902. The summed E-state index contributed by atoms with van der Waals surface area (Å²) in [4.78, 5) is 27.6. The Balaban J connectivity index is 0.925. The van der Waals surface area contributed by atoms with E-state index in [9.17, 15) is 83.8 Å². The van der Waals surface area contributed by atoms with E-state index in [-0.39, 0.29) is 17.8 Å². The first-order valence-electron chi connectivity index (χ1n) is 32.0. The lowest BCUT2D eigenvalue weighted by molar-refractivity contribution is -0.405. The summed E-state index contributed by atoms with van der Waals surface area (Å²) in [5.74, 6) is -1.29. The summed E-state index contributed by atoms with van der Waals surface area (Å²) in [6.07, 6.45) is -37.0. The second kappa shape index (κ2) is 27.8. The molecule has 0 radical (unpaired) electrons. The molecule has 31 nitrogen and oxygen atoms in total. The predicted molar refractivity (Wildman–Crippen MR) is 310 cm³/mol. The summed E-state index contributed by atoms with van der Waals surface area (Å²) in [6.45, 7) is 13.6. The maximum absolute atomic E-state index is 14.8. The van der Waals surface area contributed by atoms with Crippen molar-refractivity contribution in [2.24, 2.45) is 39.4 Å². The zero-order valence-corrected chi connectivity index (χ0v) is 54.2. The van der Waals surface area contributed by atoms with E-state index in [4.69, 9.17) is 65.8 Å². The summed E-state index contributed by atoms with van der Waals surface area (Å²) in [7, 11) is -4.17. The molecule has 13 N–H and O–H groups in total. The van der Waals surface area contributed by atoms with Crippen LogP contribution in [0.25, 0.3) is 0 Å². The van der Waals surface area contributed by atoms with E-state index in [1.165, 1.54) is 6.92 Å². The molecule has 532 valence electrons. The van der Waals surface area contributed by atoms with Crippen molar-refractivity contribution >= 4 is 22.3 Å². The van der Waals surface area contributed by atoms with Crippen molar-refractivity contribution < 1.29 is 150 Å². The Kier molecular flexibility index (Phi) is 21.9. The van der Waals surface area contributed by atoms with Crippen LogP contribution in [0.5, 0.6) is 0 Å². The van der Waals surface area contributed by atoms with Gasteiger partial charge in [0.15, 0.2) is 31.5 Å². The van der Waals surface area contributed by atoms with Crippen LogP contribution in [-0.4, -0.2) is 285 Å². The predicted octanol–water partition coefficient (Wildman–Crippen LogP) is -2.58. The van der Waals surface area contributed by atoms with E-state index < -0.39 is 236 Å². The molecule has 6 heterocycles. The number of fused-ring (bicyclic) bond motifs is 4. The molecule has 0 unspecified atom stereocenters. The van der Waals surface area contributed by atoms with E-state index in [1.807, 2.05) is 27.7 Å². The van der Waals surface area contributed by atoms with Gasteiger partial charge >= 0.3 is 22.3 Å². The third kappa shape index (κ3) is 13.2. The number of hydrogen-bond donors (Lipinski definition) is 13. The summed E-state index contributed by atoms with van der Waals surface area (Å²) in [5.41, 5.74) is -1.65. The summed E-state index contributed by atoms with van der Waals surface area (Å²) < 4.78 is 118. The number of cyclic esters (lactones) is 1. The Morgan fingerprint density at radius 3 is 1.85 bits per heavy atom. The van der Waals surface area contributed by atoms with Crippen molar-refractivity contribution in [2.75, 3.05) is 40.1 Å². The monoisotopic (exact) mass is 1360 g/mol. The van der Waals surface area contributed by atoms with Gasteiger partial charge in [0.2, 0.25) is 0 Å². The molecule has 9 fully saturated rings. The van der Waals surface area contributed by atoms with Gasteiger partial charge in [0, 0.05) is 19.4 Å². The van der Waals surface area contributed by atoms with Gasteiger partial charge in [0.1, 0.15) is 122 Å². The summed E-state index contributed by atoms with van der Waals surface area (Å²) in [6, 6.07) is 0. The lowest BCUT2D eigenvalue weighted by Crippen LogP contribution is -2.68. The van der Waals surface area contributed by atoms with Crippen LogP contribution in [0.4, 0.5) is 0 Å². The molecule has 1 spiro atoms. The first-order valence-corrected chi connectivity index (χ1v) is 33.4. The topological polar surface area (TPSA) is 460 Å². The quantitative estimate of drug-likeness (QED) is 0.0319. The zero-order valence-electron chi connectivity index (χ0n) is 53.4. The van der Waals surface area contributed by atoms with E-state index in [0.717, 1.165) is 31.1 Å². The van der Waals surface area contributed by atoms with Gasteiger partial charge in [-0.2, -0.15) is 8.42 Å². The molecule has 32 atom stereocenters. The number of carbonyl (C=O) groups excluding carboxylic acids is 2. The number of allylic oxidation sites excluding steroid dienone is 3. The third-order valence-electron chi connectivity index (χ3n) is 22.4. The maximum Gasteiger partial charge on any atom is 0.397 e. The van der Waals surface area contributed by atoms with Gasteiger partial charge in [0.25, 0.3) is 0 Å². The number of aliphatic hydroxyl groups is 12. The largest absolute Gasteiger partial charge is 0.462 e. The second-order valence-corrected chi connectivity index (χ2v) is 29.5. The molecule has 32 heteroatoms. The van der Waals surface area contributed by atoms with Crippen LogP contribution in [0.2, 0.25) is 0 Å². The molecule has 10 rings (SSSR count). The minimum Gasteiger partial charge on any atom is -0.462 e. The van der Waals surface area contributed by atoms with E-state index in [1.54, 1.807) is 0 Å². The van der Waals surface area contributed by atoms with Crippen LogP contribution in [0.15, 0.2) is 23.8 Å². The van der Waals surface area contributed by atoms with Crippen LogP contribution in [0.1, 0.15) is 106 Å². The molecule has 0 aromatic carbocycles. The van der Waals surface area contributed by atoms with Gasteiger partial charge in [-0.25, -0.2) is 4.18 Å². The minimum atomic E-state index is -5.32. The standard InChI is InChI=1S/C61H96O31S/c1-25(2)11-10-16-60(8)50-30(82-26(3)65)19-59(7)28-12-13-35-57(4,5)36(15-17-58(35,6)27(28)14-18-61(50,59)56(75)91-60)86-54-48(40(70)34(24-81-54)92-93(76,77)78)90-55-49(89-51-41(71)37(67)29(66)23-80-51)42(72)45(33(22-64)85-55)87-53-44(74)47(39(69)32(21-63)84-53)88-52-43(73)46(79-9)38(68)31(20-62)83-52/h12,27,29-55,62-64,66-74H,1,10-11,13-24H2,2-9H3,(H,76,77,78)/t27-,29+,30-,31+,32+,33+,34+,35-,36-,37-,38+,39+,40-,41+,42-,43+,44+,45+,46-,47-,48+,49+,50+,51-,52-,53-,54-,55-,58+,59-,60-,61+/m0/s1. The molecule has 6 saturated heterocycles. The Morgan fingerprint density at radius 1 is 0.656 bits per heavy atom. The molecule has 10 aliphatic rings. The van der Waals surface area contributed by atoms with Crippen molar-refractivity contribution in [1.29, 1.82) is 0 Å². The maximum atomic E-state index is 14.8. The first-order chi connectivity index (χ1) is 43.6. The lowest BCUT2D eigenvalue weighted by atomic mass is 9.41. The SMILES string of the molecule is C=C(C)CCC[C@]1(C)OC(=O)[C@]23CC[C@H]4C(=CC[C@H]5C(C)(C)[C@@H](O[C@@H]6OC[C@@H](OS(=O)(=O)O)[C@H](O)[C@H]6O[C@@H]6O[C@H](CO)[C@@H](O[C@@H]7O[C@H](CO)[C@@H](O)[C@H](O[C@@H]8O[C@H](CO)[C@@H](O)[C@H](OC)[C@H]8O)[C@H]7O)[C@H](O)[C@H]6O[C@@H]6OC[C@@H](O)[C@H](O)[C@H]6O)CC[C@]45C)[C@]2(C)C[C@H](OC(C)=O)[C@@H]31. The van der Waals surface area contributed by atoms with Gasteiger partial charge in [-0.1, -0.05) is 44.9 Å². The molecule has 0 aromatic heterocycles. The van der Waals surface area contributed by atoms with Crippen LogP contribution >= 0.6 is 0 Å². The molecule has 0 aromatic rings. The fourth-order valence-corrected chi connectivity index (χ4v) is 18.3. The molecule has 3 saturated carbocycles. The van der Waals surface area contributed by atoms with Crippen LogP contribution in [0, 0.1) is 39.4 Å². The van der Waals surface area contributed by atoms with Gasteiger partial charge in [-0.15, -0.1) is 6.58 Å². The molecule has 0 amide bonds. The average molecular weight is 1360 g/mol. The number of esters is 2. The highest BCUT2D eigenvalue weighted by molar-refractivity contribution is 7.80. The molecule has 6 aliphatic heterocycles. The molecule has 0 bridgehead atoms. The minimum absolute atomic E-state index is 0.0414.